The van der Waals surface area contributed by atoms with E-state index in [2.05, 4.69) is 121 Å². The van der Waals surface area contributed by atoms with Gasteiger partial charge in [0.1, 0.15) is 17.6 Å². The molecular weight excluding hydrogens is 1200 g/mol. The minimum absolute atomic E-state index is 0.0108. The summed E-state index contributed by atoms with van der Waals surface area (Å²) in [6, 6.07) is 45.2. The van der Waals surface area contributed by atoms with Gasteiger partial charge in [-0.3, -0.25) is 4.55 Å². The summed E-state index contributed by atoms with van der Waals surface area (Å²) in [6.07, 6.45) is 13.4. The molecule has 5 aliphatic carbocycles. The molecule has 10 bridgehead atoms. The number of allylic oxidation sites excluding steroid dienone is 1. The van der Waals surface area contributed by atoms with Crippen LogP contribution in [0.1, 0.15) is 191 Å². The molecule has 0 radical (unpaired) electrons. The number of aryl methyl sites for hydroxylation is 2. The third kappa shape index (κ3) is 12.0. The number of benzene rings is 7. The van der Waals surface area contributed by atoms with Crippen molar-refractivity contribution in [2.24, 2.45) is 46.0 Å². The van der Waals surface area contributed by atoms with Gasteiger partial charge in [0.25, 0.3) is 10.1 Å². The fraction of sp³-hybridized carbons (Fsp3) is 0.420. The SMILES string of the molecule is CNCc1cc2cccc3c2c2c1CCc1cc(C4CCCC(O)(C(Cc5ccccc5)CC5(N=C(N)N)Oc6ccc7c(c6)CCC(C)C7CC(S(=O)(=O)O)C6C=C7CC(CC8CC(CO)CC#Cc9cc(O)ccc9C7O8)C6c6ccc5cc6)C4)ccc1C(O)C2C=C3. The number of aliphatic imine (C=N–C) groups is 1. The molecule has 0 amide bonds. The lowest BCUT2D eigenvalue weighted by molar-refractivity contribution is -0.0834. The van der Waals surface area contributed by atoms with Crippen LogP contribution in [0.5, 0.6) is 11.5 Å². The lowest BCUT2D eigenvalue weighted by Gasteiger charge is -2.46. The summed E-state index contributed by atoms with van der Waals surface area (Å²) < 4.78 is 55.9. The largest absolute Gasteiger partial charge is 0.508 e. The van der Waals surface area contributed by atoms with Gasteiger partial charge < -0.3 is 46.7 Å². The molecule has 95 heavy (non-hydrogen) atoms. The zero-order valence-corrected chi connectivity index (χ0v) is 55.2. The first kappa shape index (κ1) is 63.5. The van der Waals surface area contributed by atoms with Crippen molar-refractivity contribution in [1.29, 1.82) is 0 Å². The Labute approximate surface area is 558 Å². The van der Waals surface area contributed by atoms with Gasteiger partial charge in [-0.05, 0) is 240 Å². The monoisotopic (exact) mass is 1290 g/mol. The van der Waals surface area contributed by atoms with Gasteiger partial charge in [0.15, 0.2) is 5.96 Å². The van der Waals surface area contributed by atoms with Crippen LogP contribution in [0.2, 0.25) is 0 Å². The number of phenolic OH excluding ortho intramolecular Hbond substituents is 1. The topological polar surface area (TPSA) is 230 Å². The third-order valence-electron chi connectivity index (χ3n) is 23.5. The van der Waals surface area contributed by atoms with E-state index >= 15 is 0 Å². The van der Waals surface area contributed by atoms with E-state index in [9.17, 15) is 33.4 Å². The Balaban J connectivity index is 0.835. The summed E-state index contributed by atoms with van der Waals surface area (Å²) in [7, 11) is -2.73. The third-order valence-corrected chi connectivity index (χ3v) is 24.8. The fourth-order valence-corrected chi connectivity index (χ4v) is 20.1. The number of nitrogens with one attached hydrogen (secondary N) is 1. The van der Waals surface area contributed by atoms with Crippen LogP contribution in [0.25, 0.3) is 16.8 Å². The molecule has 5 aliphatic heterocycles. The highest BCUT2D eigenvalue weighted by molar-refractivity contribution is 7.86. The van der Waals surface area contributed by atoms with Gasteiger partial charge in [0.2, 0.25) is 5.72 Å². The summed E-state index contributed by atoms with van der Waals surface area (Å²) in [4.78, 5) is 5.24. The van der Waals surface area contributed by atoms with Gasteiger partial charge in [0, 0.05) is 54.5 Å². The first-order valence-corrected chi connectivity index (χ1v) is 36.2. The molecule has 14 heteroatoms. The highest BCUT2D eigenvalue weighted by Crippen LogP contribution is 2.57. The van der Waals surface area contributed by atoms with Crippen molar-refractivity contribution in [1.82, 2.24) is 5.32 Å². The number of phenols is 1. The van der Waals surface area contributed by atoms with E-state index < -0.39 is 56.7 Å². The number of guanidine groups is 1. The van der Waals surface area contributed by atoms with Crippen molar-refractivity contribution >= 4 is 32.9 Å². The molecule has 10 aliphatic rings. The number of nitrogens with zero attached hydrogens (tertiary/aromatic N) is 1. The van der Waals surface area contributed by atoms with Crippen LogP contribution in [0, 0.1) is 41.4 Å². The molecular formula is C81H88N4O9S. The average molecular weight is 1290 g/mol. The van der Waals surface area contributed by atoms with Gasteiger partial charge in [-0.2, -0.15) is 8.42 Å². The van der Waals surface area contributed by atoms with E-state index in [1.165, 1.54) is 33.0 Å². The number of aromatic hydroxyl groups is 1. The fourth-order valence-electron chi connectivity index (χ4n) is 19.0. The molecule has 7 aromatic rings. The molecule has 1 saturated heterocycles. The van der Waals surface area contributed by atoms with Gasteiger partial charge in [-0.15, -0.1) is 0 Å². The number of hydrogen-bond acceptors (Lipinski definition) is 10. The minimum atomic E-state index is -4.73. The smallest absolute Gasteiger partial charge is 0.268 e. The number of ether oxygens (including phenoxy) is 2. The number of hydrogen-bond donors (Lipinski definition) is 8. The first-order chi connectivity index (χ1) is 45.9. The Morgan fingerprint density at radius 1 is 0.863 bits per heavy atom. The Kier molecular flexibility index (Phi) is 17.0. The maximum absolute atomic E-state index is 14.6. The molecule has 15 unspecified atom stereocenters. The number of fused-ring (bicyclic) bond motifs is 9. The van der Waals surface area contributed by atoms with Gasteiger partial charge in [-0.1, -0.05) is 140 Å². The summed E-state index contributed by atoms with van der Waals surface area (Å²) >= 11 is 0. The molecule has 17 rings (SSSR count). The molecule has 2 fully saturated rings. The molecule has 13 nitrogen and oxygen atoms in total. The molecule has 0 spiro atoms. The number of rotatable bonds is 11. The van der Waals surface area contributed by atoms with E-state index in [-0.39, 0.29) is 72.8 Å². The molecule has 15 atom stereocenters. The molecule has 1 saturated carbocycles. The Hall–Kier alpha value is -7.58. The standard InChI is InChI=1S/C81H88N4O9S/c1-47-16-17-55-39-64-26-31-66(55)71(47)42-73(95(90,91)92)72-41-59-37-58(40-65-34-49(46-86)11-6-13-53-38-63(87)25-30-69(53)78(59)93-65)74(72)51-18-23-61(24-19-51)81(94-64,85-79(82)83)44-62(33-48-9-4-3-5-10-48)80(89)32-8-15-57(43-80)52-21-28-68-54(35-52)22-27-67-60(45-84-2)36-56-14-7-12-50-20-29-70(77(68)88)76(67)75(50)56/h3-5,7,9-10,12,14,18-21,23-26,28-31,35-36,38-39,41,47,49,57-58,62,65,70-74,77-78,84,86-89H,8,11,15-17,22,27,32-34,37,40,42-46H2,1-2H3,(H4,82,83,85)(H,90,91,92). The van der Waals surface area contributed by atoms with Crippen LogP contribution in [-0.4, -0.2) is 70.0 Å². The summed E-state index contributed by atoms with van der Waals surface area (Å²) in [5.74, 6) is 4.67. The van der Waals surface area contributed by atoms with Crippen molar-refractivity contribution < 1.29 is 42.9 Å². The van der Waals surface area contributed by atoms with Gasteiger partial charge >= 0.3 is 0 Å². The predicted octanol–water partition coefficient (Wildman–Crippen LogP) is 13.3. The van der Waals surface area contributed by atoms with Crippen LogP contribution in [0.4, 0.5) is 0 Å². The first-order valence-electron chi connectivity index (χ1n) is 34.7. The molecule has 0 aromatic heterocycles. The van der Waals surface area contributed by atoms with Gasteiger partial charge in [-0.25, -0.2) is 4.99 Å². The summed E-state index contributed by atoms with van der Waals surface area (Å²) in [6.45, 7) is 2.82. The number of aliphatic hydroxyl groups excluding tert-OH is 2. The van der Waals surface area contributed by atoms with E-state index in [1.54, 1.807) is 12.1 Å². The zero-order valence-electron chi connectivity index (χ0n) is 54.3. The highest BCUT2D eigenvalue weighted by Gasteiger charge is 2.51. The summed E-state index contributed by atoms with van der Waals surface area (Å²) in [5.41, 5.74) is 25.7. The van der Waals surface area contributed by atoms with Crippen molar-refractivity contribution in [2.75, 3.05) is 13.7 Å². The van der Waals surface area contributed by atoms with Crippen molar-refractivity contribution in [3.8, 4) is 23.3 Å². The molecule has 492 valence electrons. The normalized spacial score (nSPS) is 30.0. The summed E-state index contributed by atoms with van der Waals surface area (Å²) in [5, 5.41) is 52.9. The second-order valence-corrected chi connectivity index (χ2v) is 30.9. The maximum atomic E-state index is 14.6. The quantitative estimate of drug-likeness (QED) is 0.0199. The van der Waals surface area contributed by atoms with Gasteiger partial charge in [0.05, 0.1) is 23.1 Å². The average Bonchev–Trinajstić information content (AvgIpc) is 1.57. The second-order valence-electron chi connectivity index (χ2n) is 29.2. The van der Waals surface area contributed by atoms with Crippen LogP contribution < -0.4 is 21.5 Å². The maximum Gasteiger partial charge on any atom is 0.268 e. The van der Waals surface area contributed by atoms with Crippen LogP contribution in [-0.2, 0) is 52.8 Å². The molecule has 10 N–H and O–H groups in total. The van der Waals surface area contributed by atoms with E-state index in [4.69, 9.17) is 25.9 Å². The van der Waals surface area contributed by atoms with Crippen molar-refractivity contribution in [2.45, 2.75) is 168 Å². The molecule has 5 heterocycles. The second kappa shape index (κ2) is 25.4. The van der Waals surface area contributed by atoms with E-state index in [1.807, 2.05) is 49.5 Å². The van der Waals surface area contributed by atoms with Crippen molar-refractivity contribution in [3.05, 3.63) is 229 Å². The van der Waals surface area contributed by atoms with Crippen LogP contribution >= 0.6 is 0 Å². The molecule has 7 aromatic carbocycles. The lowest BCUT2D eigenvalue weighted by Crippen LogP contribution is -2.48. The zero-order chi connectivity index (χ0) is 65.5. The predicted molar refractivity (Wildman–Crippen MR) is 372 cm³/mol. The Bertz CT molecular complexity index is 4380. The Morgan fingerprint density at radius 3 is 2.46 bits per heavy atom. The van der Waals surface area contributed by atoms with E-state index in [0.29, 0.717) is 61.8 Å². The highest BCUT2D eigenvalue weighted by atomic mass is 32.2. The minimum Gasteiger partial charge on any atom is -0.508 e. The van der Waals surface area contributed by atoms with Crippen LogP contribution in [0.15, 0.2) is 156 Å². The number of aliphatic hydroxyl groups is 3. The number of nitrogens with two attached hydrogens (primary N) is 2. The van der Waals surface area contributed by atoms with Crippen LogP contribution in [0.3, 0.4) is 0 Å². The van der Waals surface area contributed by atoms with Crippen molar-refractivity contribution in [3.63, 3.8) is 0 Å². The lowest BCUT2D eigenvalue weighted by atomic mass is 9.64. The van der Waals surface area contributed by atoms with E-state index in [0.717, 1.165) is 95.2 Å². The Morgan fingerprint density at radius 2 is 1.66 bits per heavy atom.